The normalized spacial score (nSPS) is 20.6. The standard InChI is InChI=1S/C17H26N2O2.ClH/c1-11(2)21-16-8-7-14(9-12(16)3)19-17(20)15-6-4-5-13(15)10-18;/h7-9,11,13,15H,4-6,10,18H2,1-3H3,(H,19,20);1H/t13-,15-;/m1./s1. The van der Waals surface area contributed by atoms with Gasteiger partial charge in [0.05, 0.1) is 6.10 Å². The number of aryl methyl sites for hydroxylation is 1. The van der Waals surface area contributed by atoms with Crippen molar-refractivity contribution in [2.45, 2.75) is 46.1 Å². The summed E-state index contributed by atoms with van der Waals surface area (Å²) in [6.07, 6.45) is 3.25. The van der Waals surface area contributed by atoms with Crippen molar-refractivity contribution in [3.8, 4) is 5.75 Å². The van der Waals surface area contributed by atoms with Gasteiger partial charge in [-0.15, -0.1) is 12.4 Å². The number of nitrogens with two attached hydrogens (primary N) is 1. The summed E-state index contributed by atoms with van der Waals surface area (Å²) in [7, 11) is 0. The number of nitrogens with one attached hydrogen (secondary N) is 1. The zero-order valence-corrected chi connectivity index (χ0v) is 14.4. The van der Waals surface area contributed by atoms with Crippen LogP contribution in [0.5, 0.6) is 5.75 Å². The topological polar surface area (TPSA) is 64.4 Å². The number of hydrogen-bond donors (Lipinski definition) is 2. The number of ether oxygens (including phenoxy) is 1. The van der Waals surface area contributed by atoms with Gasteiger partial charge in [0.2, 0.25) is 5.91 Å². The number of anilines is 1. The van der Waals surface area contributed by atoms with Crippen molar-refractivity contribution in [3.05, 3.63) is 23.8 Å². The van der Waals surface area contributed by atoms with Crippen LogP contribution in [0.2, 0.25) is 0 Å². The monoisotopic (exact) mass is 326 g/mol. The summed E-state index contributed by atoms with van der Waals surface area (Å²) in [6.45, 7) is 6.59. The average molecular weight is 327 g/mol. The highest BCUT2D eigenvalue weighted by Gasteiger charge is 2.31. The Labute approximate surface area is 139 Å². The van der Waals surface area contributed by atoms with E-state index in [2.05, 4.69) is 5.32 Å². The van der Waals surface area contributed by atoms with Gasteiger partial charge in [-0.25, -0.2) is 0 Å². The second kappa shape index (κ2) is 8.39. The lowest BCUT2D eigenvalue weighted by Gasteiger charge is -2.18. The third-order valence-electron chi connectivity index (χ3n) is 4.10. The number of rotatable bonds is 5. The molecule has 5 heteroatoms. The van der Waals surface area contributed by atoms with Gasteiger partial charge in [-0.3, -0.25) is 4.79 Å². The third-order valence-corrected chi connectivity index (χ3v) is 4.10. The van der Waals surface area contributed by atoms with Gasteiger partial charge in [0, 0.05) is 11.6 Å². The van der Waals surface area contributed by atoms with E-state index in [-0.39, 0.29) is 30.3 Å². The average Bonchev–Trinajstić information content (AvgIpc) is 2.90. The number of hydrogen-bond acceptors (Lipinski definition) is 3. The van der Waals surface area contributed by atoms with E-state index in [1.54, 1.807) is 0 Å². The highest BCUT2D eigenvalue weighted by molar-refractivity contribution is 5.93. The molecule has 1 amide bonds. The fraction of sp³-hybridized carbons (Fsp3) is 0.588. The predicted octanol–water partition coefficient (Wildman–Crippen LogP) is 3.52. The first-order chi connectivity index (χ1) is 10.0. The number of carbonyl (C=O) groups is 1. The van der Waals surface area contributed by atoms with Crippen LogP contribution in [0.3, 0.4) is 0 Å². The van der Waals surface area contributed by atoms with Crippen LogP contribution in [0.25, 0.3) is 0 Å². The number of halogens is 1. The maximum absolute atomic E-state index is 12.4. The zero-order valence-electron chi connectivity index (χ0n) is 13.6. The Morgan fingerprint density at radius 1 is 1.41 bits per heavy atom. The molecule has 0 heterocycles. The fourth-order valence-electron chi connectivity index (χ4n) is 3.01. The van der Waals surface area contributed by atoms with Gasteiger partial charge in [0.25, 0.3) is 0 Å². The number of amides is 1. The van der Waals surface area contributed by atoms with Crippen molar-refractivity contribution in [3.63, 3.8) is 0 Å². The van der Waals surface area contributed by atoms with Gasteiger partial charge in [-0.2, -0.15) is 0 Å². The highest BCUT2D eigenvalue weighted by Crippen LogP contribution is 2.32. The molecule has 1 aromatic rings. The quantitative estimate of drug-likeness (QED) is 0.870. The second-order valence-corrected chi connectivity index (χ2v) is 6.17. The molecule has 1 aromatic carbocycles. The summed E-state index contributed by atoms with van der Waals surface area (Å²) in [5, 5.41) is 3.02. The first-order valence-electron chi connectivity index (χ1n) is 7.79. The van der Waals surface area contributed by atoms with Crippen LogP contribution in [-0.4, -0.2) is 18.6 Å². The molecule has 4 nitrogen and oxygen atoms in total. The van der Waals surface area contributed by atoms with E-state index < -0.39 is 0 Å². The summed E-state index contributed by atoms with van der Waals surface area (Å²) in [4.78, 5) is 12.4. The van der Waals surface area contributed by atoms with E-state index in [4.69, 9.17) is 10.5 Å². The lowest BCUT2D eigenvalue weighted by Crippen LogP contribution is -2.29. The van der Waals surface area contributed by atoms with E-state index in [1.165, 1.54) is 0 Å². The zero-order chi connectivity index (χ0) is 15.4. The smallest absolute Gasteiger partial charge is 0.227 e. The van der Waals surface area contributed by atoms with Gasteiger partial charge in [0.15, 0.2) is 0 Å². The lowest BCUT2D eigenvalue weighted by molar-refractivity contribution is -0.120. The van der Waals surface area contributed by atoms with Gasteiger partial charge < -0.3 is 15.8 Å². The second-order valence-electron chi connectivity index (χ2n) is 6.17. The summed E-state index contributed by atoms with van der Waals surface area (Å²) >= 11 is 0. The minimum Gasteiger partial charge on any atom is -0.491 e. The molecule has 2 rings (SSSR count). The van der Waals surface area contributed by atoms with Crippen LogP contribution < -0.4 is 15.8 Å². The summed E-state index contributed by atoms with van der Waals surface area (Å²) in [6, 6.07) is 5.77. The molecule has 1 aliphatic carbocycles. The molecule has 2 atom stereocenters. The fourth-order valence-corrected chi connectivity index (χ4v) is 3.01. The van der Waals surface area contributed by atoms with Gasteiger partial charge in [-0.1, -0.05) is 6.42 Å². The van der Waals surface area contributed by atoms with Crippen LogP contribution in [0.1, 0.15) is 38.7 Å². The Balaban J connectivity index is 0.00000242. The Morgan fingerprint density at radius 2 is 2.14 bits per heavy atom. The molecule has 22 heavy (non-hydrogen) atoms. The molecule has 124 valence electrons. The van der Waals surface area contributed by atoms with Crippen LogP contribution in [0.4, 0.5) is 5.69 Å². The van der Waals surface area contributed by atoms with Crippen molar-refractivity contribution in [1.82, 2.24) is 0 Å². The maximum atomic E-state index is 12.4. The van der Waals surface area contributed by atoms with Crippen molar-refractivity contribution >= 4 is 24.0 Å². The molecule has 1 saturated carbocycles. The van der Waals surface area contributed by atoms with Crippen LogP contribution >= 0.6 is 12.4 Å². The van der Waals surface area contributed by atoms with Crippen molar-refractivity contribution < 1.29 is 9.53 Å². The molecule has 0 radical (unpaired) electrons. The summed E-state index contributed by atoms with van der Waals surface area (Å²) < 4.78 is 5.71. The molecule has 0 aliphatic heterocycles. The van der Waals surface area contributed by atoms with E-state index in [1.807, 2.05) is 39.0 Å². The molecule has 0 unspecified atom stereocenters. The molecule has 3 N–H and O–H groups in total. The predicted molar refractivity (Wildman–Crippen MR) is 92.7 cm³/mol. The molecule has 0 spiro atoms. The van der Waals surface area contributed by atoms with E-state index in [9.17, 15) is 4.79 Å². The van der Waals surface area contributed by atoms with Gasteiger partial charge >= 0.3 is 0 Å². The minimum atomic E-state index is 0. The SMILES string of the molecule is Cc1cc(NC(=O)[C@@H]2CCC[C@@H]2CN)ccc1OC(C)C.Cl. The third kappa shape index (κ3) is 4.62. The lowest BCUT2D eigenvalue weighted by atomic mass is 9.95. The van der Waals surface area contributed by atoms with Crippen LogP contribution in [-0.2, 0) is 4.79 Å². The molecule has 0 aromatic heterocycles. The van der Waals surface area contributed by atoms with Crippen molar-refractivity contribution in [2.75, 3.05) is 11.9 Å². The first kappa shape index (κ1) is 18.8. The van der Waals surface area contributed by atoms with Gasteiger partial charge in [0.1, 0.15) is 5.75 Å². The Morgan fingerprint density at radius 3 is 2.73 bits per heavy atom. The van der Waals surface area contributed by atoms with E-state index in [0.29, 0.717) is 12.5 Å². The van der Waals surface area contributed by atoms with E-state index in [0.717, 1.165) is 36.3 Å². The van der Waals surface area contributed by atoms with Crippen LogP contribution in [0, 0.1) is 18.8 Å². The summed E-state index contributed by atoms with van der Waals surface area (Å²) in [5.41, 5.74) is 7.61. The minimum absolute atomic E-state index is 0. The Bertz CT molecular complexity index is 505. The van der Waals surface area contributed by atoms with Crippen molar-refractivity contribution in [1.29, 1.82) is 0 Å². The number of carbonyl (C=O) groups excluding carboxylic acids is 1. The first-order valence-corrected chi connectivity index (χ1v) is 7.79. The summed E-state index contributed by atoms with van der Waals surface area (Å²) in [5.74, 6) is 1.35. The molecule has 0 saturated heterocycles. The Kier molecular flexibility index (Phi) is 7.17. The van der Waals surface area contributed by atoms with Crippen LogP contribution in [0.15, 0.2) is 18.2 Å². The number of benzene rings is 1. The van der Waals surface area contributed by atoms with Crippen molar-refractivity contribution in [2.24, 2.45) is 17.6 Å². The Hall–Kier alpha value is -1.26. The molecular weight excluding hydrogens is 300 g/mol. The molecule has 1 fully saturated rings. The molecule has 0 bridgehead atoms. The van der Waals surface area contributed by atoms with E-state index >= 15 is 0 Å². The maximum Gasteiger partial charge on any atom is 0.227 e. The van der Waals surface area contributed by atoms with Gasteiger partial charge in [-0.05, 0) is 69.8 Å². The largest absolute Gasteiger partial charge is 0.491 e. The molecular formula is C17H27ClN2O2. The highest BCUT2D eigenvalue weighted by atomic mass is 35.5. The molecule has 1 aliphatic rings.